The number of hydrogen-bond acceptors (Lipinski definition) is 10. The third-order valence-corrected chi connectivity index (χ3v) is 13.3. The largest absolute Gasteiger partial charge is 0.508 e. The lowest BCUT2D eigenvalue weighted by molar-refractivity contribution is -0.179. The van der Waals surface area contributed by atoms with Crippen LogP contribution in [0.15, 0.2) is 103 Å². The van der Waals surface area contributed by atoms with E-state index in [1.165, 1.54) is 19.2 Å². The molecule has 0 aliphatic carbocycles. The maximum Gasteiger partial charge on any atom is 0.329 e. The Hall–Kier alpha value is -7.18. The van der Waals surface area contributed by atoms with Crippen LogP contribution in [0.1, 0.15) is 92.0 Å². The summed E-state index contributed by atoms with van der Waals surface area (Å²) in [5.41, 5.74) is 5.87. The first kappa shape index (κ1) is 45.4. The van der Waals surface area contributed by atoms with Crippen molar-refractivity contribution >= 4 is 41.5 Å². The van der Waals surface area contributed by atoms with E-state index in [1.807, 2.05) is 65.6 Å². The van der Waals surface area contributed by atoms with Crippen LogP contribution in [0.5, 0.6) is 5.75 Å². The number of fused-ring (bicyclic) bond motifs is 3. The van der Waals surface area contributed by atoms with Gasteiger partial charge in [-0.05, 0) is 71.3 Å². The fourth-order valence-corrected chi connectivity index (χ4v) is 10.4. The number of anilines is 1. The number of amides is 6. The van der Waals surface area contributed by atoms with Crippen LogP contribution in [0.4, 0.5) is 15.3 Å². The number of urea groups is 2. The lowest BCUT2D eigenvalue weighted by Gasteiger charge is -2.46. The average Bonchev–Trinajstić information content (AvgIpc) is 3.76. The molecule has 7 atom stereocenters. The van der Waals surface area contributed by atoms with Crippen molar-refractivity contribution in [1.82, 2.24) is 20.4 Å². The number of benzene rings is 4. The second kappa shape index (κ2) is 19.1. The lowest BCUT2D eigenvalue weighted by atomic mass is 9.64. The molecule has 7 unspecified atom stereocenters. The molecule has 15 nitrogen and oxygen atoms in total. The van der Waals surface area contributed by atoms with Crippen molar-refractivity contribution < 1.29 is 43.3 Å². The van der Waals surface area contributed by atoms with Crippen LogP contribution in [-0.4, -0.2) is 89.5 Å². The number of carbonyl (C=O) groups excluding carboxylic acids is 6. The fraction of sp³-hybridized carbons (Fsp3) is 0.373. The SMILES string of the molecule is COC(=O)C(NC(=O)N1C(=O)C2(c3cc(C#CCNC(N)=O)ccc31)C(C(=O)N1CCCCCCC1)C1C(=O)OC(c3ccccc3)C(c3ccccc3)N1C2c1ccc(O)cc1)C(C)C. The summed E-state index contributed by atoms with van der Waals surface area (Å²) in [6.07, 6.45) is 3.27. The number of nitrogens with one attached hydrogen (secondary N) is 2. The lowest BCUT2D eigenvalue weighted by Crippen LogP contribution is -2.58. The number of nitrogens with zero attached hydrogens (tertiary/aromatic N) is 3. The van der Waals surface area contributed by atoms with Gasteiger partial charge in [0, 0.05) is 18.7 Å². The Labute approximate surface area is 383 Å². The van der Waals surface area contributed by atoms with Crippen LogP contribution in [-0.2, 0) is 34.1 Å². The number of ether oxygens (including phenoxy) is 2. The van der Waals surface area contributed by atoms with Gasteiger partial charge in [0.05, 0.1) is 37.3 Å². The average molecular weight is 895 g/mol. The monoisotopic (exact) mass is 894 g/mol. The summed E-state index contributed by atoms with van der Waals surface area (Å²) in [7, 11) is 1.21. The van der Waals surface area contributed by atoms with Crippen molar-refractivity contribution in [3.8, 4) is 17.6 Å². The zero-order valence-corrected chi connectivity index (χ0v) is 37.1. The van der Waals surface area contributed by atoms with Gasteiger partial charge in [0.15, 0.2) is 0 Å². The molecular formula is C51H54N6O9. The first-order valence-corrected chi connectivity index (χ1v) is 22.4. The fourth-order valence-electron chi connectivity index (χ4n) is 10.4. The minimum Gasteiger partial charge on any atom is -0.508 e. The van der Waals surface area contributed by atoms with Crippen molar-refractivity contribution in [3.05, 3.63) is 131 Å². The van der Waals surface area contributed by atoms with Crippen LogP contribution in [0.25, 0.3) is 0 Å². The Morgan fingerprint density at radius 3 is 2.11 bits per heavy atom. The highest BCUT2D eigenvalue weighted by Gasteiger charge is 2.76. The van der Waals surface area contributed by atoms with Crippen molar-refractivity contribution in [3.63, 3.8) is 0 Å². The van der Waals surface area contributed by atoms with E-state index >= 15 is 14.4 Å². The molecule has 1 spiro atoms. The molecule has 8 rings (SSSR count). The number of primary amides is 1. The van der Waals surface area contributed by atoms with E-state index in [0.29, 0.717) is 42.6 Å². The Kier molecular flexibility index (Phi) is 13.1. The van der Waals surface area contributed by atoms with Crippen LogP contribution in [0.2, 0.25) is 0 Å². The predicted molar refractivity (Wildman–Crippen MR) is 243 cm³/mol. The van der Waals surface area contributed by atoms with E-state index in [2.05, 4.69) is 22.5 Å². The zero-order valence-electron chi connectivity index (χ0n) is 37.1. The first-order chi connectivity index (χ1) is 31.9. The summed E-state index contributed by atoms with van der Waals surface area (Å²) in [4.78, 5) is 92.3. The normalized spacial score (nSPS) is 24.2. The predicted octanol–water partition coefficient (Wildman–Crippen LogP) is 5.78. The minimum absolute atomic E-state index is 0.0562. The summed E-state index contributed by atoms with van der Waals surface area (Å²) in [6.45, 7) is 4.12. The van der Waals surface area contributed by atoms with Gasteiger partial charge in [0.2, 0.25) is 11.8 Å². The summed E-state index contributed by atoms with van der Waals surface area (Å²) in [5.74, 6) is 1.22. The molecule has 4 aliphatic heterocycles. The van der Waals surface area contributed by atoms with Gasteiger partial charge in [0.1, 0.15) is 29.4 Å². The second-order valence-corrected chi connectivity index (χ2v) is 17.5. The van der Waals surface area contributed by atoms with Gasteiger partial charge >= 0.3 is 24.0 Å². The zero-order chi connectivity index (χ0) is 46.7. The number of hydrogen-bond donors (Lipinski definition) is 4. The topological polar surface area (TPSA) is 201 Å². The second-order valence-electron chi connectivity index (χ2n) is 17.5. The summed E-state index contributed by atoms with van der Waals surface area (Å²) < 4.78 is 11.6. The molecule has 66 heavy (non-hydrogen) atoms. The van der Waals surface area contributed by atoms with Crippen LogP contribution in [0.3, 0.4) is 0 Å². The number of phenols is 1. The van der Waals surface area contributed by atoms with E-state index in [9.17, 15) is 19.5 Å². The third kappa shape index (κ3) is 8.21. The molecule has 4 heterocycles. The van der Waals surface area contributed by atoms with Gasteiger partial charge in [-0.3, -0.25) is 19.3 Å². The number of aromatic hydroxyl groups is 1. The number of likely N-dealkylation sites (tertiary alicyclic amines) is 1. The molecule has 0 bridgehead atoms. The van der Waals surface area contributed by atoms with Crippen molar-refractivity contribution in [1.29, 1.82) is 0 Å². The van der Waals surface area contributed by atoms with Gasteiger partial charge in [0.25, 0.3) is 0 Å². The molecule has 4 aromatic rings. The number of morpholine rings is 1. The van der Waals surface area contributed by atoms with Crippen molar-refractivity contribution in [2.45, 2.75) is 81.6 Å². The minimum atomic E-state index is -2.06. The maximum atomic E-state index is 16.5. The molecule has 0 aromatic heterocycles. The molecule has 342 valence electrons. The maximum absolute atomic E-state index is 16.5. The molecule has 0 radical (unpaired) electrons. The highest BCUT2D eigenvalue weighted by Crippen LogP contribution is 2.66. The van der Waals surface area contributed by atoms with E-state index in [4.69, 9.17) is 15.2 Å². The number of rotatable bonds is 8. The van der Waals surface area contributed by atoms with Gasteiger partial charge in [-0.2, -0.15) is 0 Å². The van der Waals surface area contributed by atoms with E-state index in [1.54, 1.807) is 49.1 Å². The highest BCUT2D eigenvalue weighted by atomic mass is 16.6. The number of cyclic esters (lactones) is 1. The van der Waals surface area contributed by atoms with Crippen LogP contribution in [0, 0.1) is 23.7 Å². The number of carbonyl (C=O) groups is 6. The summed E-state index contributed by atoms with van der Waals surface area (Å²) >= 11 is 0. The van der Waals surface area contributed by atoms with Crippen molar-refractivity contribution in [2.75, 3.05) is 31.6 Å². The Balaban J connectivity index is 1.45. The first-order valence-electron chi connectivity index (χ1n) is 22.4. The molecule has 3 saturated heterocycles. The molecule has 5 N–H and O–H groups in total. The van der Waals surface area contributed by atoms with E-state index in [-0.39, 0.29) is 23.5 Å². The number of nitrogens with two attached hydrogens (primary N) is 1. The van der Waals surface area contributed by atoms with Crippen LogP contribution >= 0.6 is 0 Å². The molecule has 4 aliphatic rings. The van der Waals surface area contributed by atoms with Crippen molar-refractivity contribution in [2.24, 2.45) is 17.6 Å². The Morgan fingerprint density at radius 2 is 1.48 bits per heavy atom. The number of imide groups is 1. The Bertz CT molecular complexity index is 2550. The van der Waals surface area contributed by atoms with Gasteiger partial charge in [-0.25, -0.2) is 19.3 Å². The van der Waals surface area contributed by atoms with E-state index < -0.39 is 83.3 Å². The molecule has 15 heteroatoms. The molecule has 3 fully saturated rings. The number of esters is 2. The third-order valence-electron chi connectivity index (χ3n) is 13.3. The molecule has 0 saturated carbocycles. The summed E-state index contributed by atoms with van der Waals surface area (Å²) in [6, 6.07) is 23.7. The van der Waals surface area contributed by atoms with Crippen LogP contribution < -0.4 is 21.3 Å². The molecular weight excluding hydrogens is 841 g/mol. The van der Waals surface area contributed by atoms with E-state index in [0.717, 1.165) is 29.7 Å². The highest BCUT2D eigenvalue weighted by molar-refractivity contribution is 6.25. The molecule has 6 amide bonds. The Morgan fingerprint density at radius 1 is 0.848 bits per heavy atom. The quantitative estimate of drug-likeness (QED) is 0.124. The molecule has 4 aromatic carbocycles. The van der Waals surface area contributed by atoms with Gasteiger partial charge in [-0.1, -0.05) is 118 Å². The number of phenolic OH excluding ortho intramolecular Hbond substituents is 1. The smallest absolute Gasteiger partial charge is 0.329 e. The standard InChI is InChI=1S/C51H54N6O9/c1-31(2)40(46(60)65-3)54-50(64)56-38-26-21-32(16-15-27-53-49(52)63)30-37(38)51(48(56)62)39(45(59)55-28-13-5-4-6-14-29-55)42-47(61)66-43(34-19-11-8-12-20-34)41(33-17-9-7-10-18-33)57(42)44(51)35-22-24-36(58)25-23-35/h7-12,17-26,30-31,39-44,58H,4-6,13-14,27-29H2,1-3H3,(H,54,64)(H3,52,53,63). The van der Waals surface area contributed by atoms with Gasteiger partial charge in [-0.15, -0.1) is 0 Å². The van der Waals surface area contributed by atoms with Gasteiger partial charge < -0.3 is 35.8 Å². The number of methoxy groups -OCH3 is 1. The summed E-state index contributed by atoms with van der Waals surface area (Å²) in [5, 5.41) is 15.9.